The number of rotatable bonds is 3. The molecule has 0 bridgehead atoms. The van der Waals surface area contributed by atoms with Crippen LogP contribution < -0.4 is 10.9 Å². The molecule has 1 amide bonds. The van der Waals surface area contributed by atoms with Gasteiger partial charge in [-0.1, -0.05) is 30.3 Å². The van der Waals surface area contributed by atoms with Gasteiger partial charge in [0, 0.05) is 38.1 Å². The number of hydrogen-bond acceptors (Lipinski definition) is 4. The molecule has 1 aromatic heterocycles. The van der Waals surface area contributed by atoms with Crippen molar-refractivity contribution in [1.29, 1.82) is 0 Å². The van der Waals surface area contributed by atoms with Gasteiger partial charge in [0.25, 0.3) is 5.91 Å². The Kier molecular flexibility index (Phi) is 4.31. The molecule has 6 heteroatoms. The first-order valence-electron chi connectivity index (χ1n) is 8.96. The number of fused-ring (bicyclic) bond motifs is 1. The van der Waals surface area contributed by atoms with Crippen LogP contribution in [-0.2, 0) is 13.5 Å². The molecule has 2 aliphatic rings. The summed E-state index contributed by atoms with van der Waals surface area (Å²) in [7, 11) is 1.84. The van der Waals surface area contributed by atoms with Gasteiger partial charge < -0.3 is 4.90 Å². The van der Waals surface area contributed by atoms with Crippen LogP contribution in [-0.4, -0.2) is 45.8 Å². The molecule has 6 nitrogen and oxygen atoms in total. The number of piperidine rings is 1. The Morgan fingerprint density at radius 3 is 2.80 bits per heavy atom. The van der Waals surface area contributed by atoms with E-state index in [1.807, 2.05) is 31.0 Å². The molecule has 0 aliphatic carbocycles. The predicted molar refractivity (Wildman–Crippen MR) is 95.9 cm³/mol. The lowest BCUT2D eigenvalue weighted by atomic mass is 9.85. The Balaban J connectivity index is 1.47. The minimum absolute atomic E-state index is 0.0897. The summed E-state index contributed by atoms with van der Waals surface area (Å²) in [5.74, 6) is 0.513. The zero-order valence-corrected chi connectivity index (χ0v) is 14.8. The third-order valence-electron chi connectivity index (χ3n) is 5.44. The fraction of sp³-hybridized carbons (Fsp3) is 0.474. The van der Waals surface area contributed by atoms with Crippen molar-refractivity contribution in [2.75, 3.05) is 13.1 Å². The van der Waals surface area contributed by atoms with Crippen LogP contribution in [0.5, 0.6) is 0 Å². The quantitative estimate of drug-likeness (QED) is 0.884. The lowest BCUT2D eigenvalue weighted by Crippen LogP contribution is -2.49. The van der Waals surface area contributed by atoms with Crippen LogP contribution in [0.3, 0.4) is 0 Å². The number of likely N-dealkylation sites (tertiary alicyclic amines) is 1. The van der Waals surface area contributed by atoms with Gasteiger partial charge in [0.2, 0.25) is 0 Å². The highest BCUT2D eigenvalue weighted by atomic mass is 16.2. The average molecular weight is 339 g/mol. The van der Waals surface area contributed by atoms with Crippen molar-refractivity contribution in [3.05, 3.63) is 53.3 Å². The van der Waals surface area contributed by atoms with E-state index in [0.29, 0.717) is 23.7 Å². The van der Waals surface area contributed by atoms with Crippen LogP contribution in [0.4, 0.5) is 0 Å². The van der Waals surface area contributed by atoms with Crippen molar-refractivity contribution >= 4 is 5.91 Å². The summed E-state index contributed by atoms with van der Waals surface area (Å²) < 4.78 is 1.69. The first-order valence-corrected chi connectivity index (χ1v) is 8.96. The number of benzene rings is 1. The summed E-state index contributed by atoms with van der Waals surface area (Å²) in [4.78, 5) is 14.9. The molecule has 3 heterocycles. The van der Waals surface area contributed by atoms with Crippen LogP contribution in [0, 0.1) is 12.8 Å². The van der Waals surface area contributed by atoms with E-state index in [4.69, 9.17) is 0 Å². The molecule has 4 rings (SSSR count). The van der Waals surface area contributed by atoms with Crippen molar-refractivity contribution in [2.24, 2.45) is 13.0 Å². The van der Waals surface area contributed by atoms with Crippen molar-refractivity contribution < 1.29 is 4.79 Å². The molecule has 2 N–H and O–H groups in total. The van der Waals surface area contributed by atoms with Gasteiger partial charge >= 0.3 is 0 Å². The SMILES string of the molecule is Cc1cc(C(=O)N2CCC3NNC(Cc4ccccc4)C3C2)n(C)n1. The zero-order valence-electron chi connectivity index (χ0n) is 14.8. The van der Waals surface area contributed by atoms with E-state index in [1.54, 1.807) is 4.68 Å². The fourth-order valence-electron chi connectivity index (χ4n) is 4.12. The monoisotopic (exact) mass is 339 g/mol. The largest absolute Gasteiger partial charge is 0.337 e. The van der Waals surface area contributed by atoms with Gasteiger partial charge in [0.15, 0.2) is 0 Å². The van der Waals surface area contributed by atoms with E-state index in [9.17, 15) is 4.79 Å². The van der Waals surface area contributed by atoms with E-state index in [1.165, 1.54) is 5.56 Å². The van der Waals surface area contributed by atoms with Gasteiger partial charge in [-0.15, -0.1) is 0 Å². The molecular weight excluding hydrogens is 314 g/mol. The third-order valence-corrected chi connectivity index (χ3v) is 5.44. The molecule has 2 fully saturated rings. The Labute approximate surface area is 148 Å². The highest BCUT2D eigenvalue weighted by Gasteiger charge is 2.41. The minimum Gasteiger partial charge on any atom is -0.337 e. The molecule has 3 atom stereocenters. The Morgan fingerprint density at radius 2 is 2.08 bits per heavy atom. The van der Waals surface area contributed by atoms with Crippen LogP contribution in [0.1, 0.15) is 28.2 Å². The Hall–Kier alpha value is -2.18. The number of nitrogens with zero attached hydrogens (tertiary/aromatic N) is 3. The van der Waals surface area contributed by atoms with E-state index in [2.05, 4.69) is 40.2 Å². The lowest BCUT2D eigenvalue weighted by Gasteiger charge is -2.36. The summed E-state index contributed by atoms with van der Waals surface area (Å²) in [6.45, 7) is 3.49. The standard InChI is InChI=1S/C19H25N5O/c1-13-10-18(23(2)22-13)19(25)24-9-8-16-15(12-24)17(21-20-16)11-14-6-4-3-5-7-14/h3-7,10,15-17,20-21H,8-9,11-12H2,1-2H3. The second-order valence-corrected chi connectivity index (χ2v) is 7.19. The molecule has 3 unspecified atom stereocenters. The Morgan fingerprint density at radius 1 is 1.28 bits per heavy atom. The van der Waals surface area contributed by atoms with Gasteiger partial charge in [0.05, 0.1) is 5.69 Å². The smallest absolute Gasteiger partial charge is 0.272 e. The first-order chi connectivity index (χ1) is 12.1. The maximum Gasteiger partial charge on any atom is 0.272 e. The predicted octanol–water partition coefficient (Wildman–Crippen LogP) is 1.28. The normalized spacial score (nSPS) is 25.8. The highest BCUT2D eigenvalue weighted by Crippen LogP contribution is 2.27. The minimum atomic E-state index is 0.0897. The number of carbonyl (C=O) groups excluding carboxylic acids is 1. The van der Waals surface area contributed by atoms with Crippen molar-refractivity contribution in [1.82, 2.24) is 25.5 Å². The highest BCUT2D eigenvalue weighted by molar-refractivity contribution is 5.92. The summed E-state index contributed by atoms with van der Waals surface area (Å²) >= 11 is 0. The van der Waals surface area contributed by atoms with Crippen molar-refractivity contribution in [3.8, 4) is 0 Å². The summed E-state index contributed by atoms with van der Waals surface area (Å²) in [5, 5.41) is 4.31. The number of nitrogens with one attached hydrogen (secondary N) is 2. The third kappa shape index (κ3) is 3.19. The van der Waals surface area contributed by atoms with Crippen LogP contribution in [0.2, 0.25) is 0 Å². The molecule has 2 saturated heterocycles. The molecule has 1 aromatic carbocycles. The number of amides is 1. The average Bonchev–Trinajstić information content (AvgIpc) is 3.17. The number of carbonyl (C=O) groups is 1. The van der Waals surface area contributed by atoms with Gasteiger partial charge in [0.1, 0.15) is 5.69 Å². The molecule has 25 heavy (non-hydrogen) atoms. The molecule has 132 valence electrons. The summed E-state index contributed by atoms with van der Waals surface area (Å²) in [6.07, 6.45) is 1.95. The lowest BCUT2D eigenvalue weighted by molar-refractivity contribution is 0.0642. The Bertz CT molecular complexity index is 756. The van der Waals surface area contributed by atoms with Crippen LogP contribution >= 0.6 is 0 Å². The van der Waals surface area contributed by atoms with Crippen LogP contribution in [0.25, 0.3) is 0 Å². The topological polar surface area (TPSA) is 62.2 Å². The molecule has 0 spiro atoms. The number of hydrazine groups is 1. The van der Waals surface area contributed by atoms with E-state index in [0.717, 1.165) is 31.6 Å². The molecule has 2 aromatic rings. The van der Waals surface area contributed by atoms with E-state index in [-0.39, 0.29) is 5.91 Å². The molecule has 2 aliphatic heterocycles. The maximum absolute atomic E-state index is 12.9. The van der Waals surface area contributed by atoms with Gasteiger partial charge in [-0.3, -0.25) is 20.3 Å². The maximum atomic E-state index is 12.9. The van der Waals surface area contributed by atoms with Gasteiger partial charge in [-0.05, 0) is 31.4 Å². The van der Waals surface area contributed by atoms with E-state index < -0.39 is 0 Å². The second-order valence-electron chi connectivity index (χ2n) is 7.19. The van der Waals surface area contributed by atoms with Crippen molar-refractivity contribution in [3.63, 3.8) is 0 Å². The number of hydrogen-bond donors (Lipinski definition) is 2. The van der Waals surface area contributed by atoms with Crippen molar-refractivity contribution in [2.45, 2.75) is 31.8 Å². The number of aryl methyl sites for hydroxylation is 2. The molecule has 0 saturated carbocycles. The molecular formula is C19H25N5O. The van der Waals surface area contributed by atoms with Gasteiger partial charge in [-0.2, -0.15) is 5.10 Å². The zero-order chi connectivity index (χ0) is 17.4. The summed E-state index contributed by atoms with van der Waals surface area (Å²) in [6, 6.07) is 13.2. The summed E-state index contributed by atoms with van der Waals surface area (Å²) in [5.41, 5.74) is 9.78. The van der Waals surface area contributed by atoms with Crippen LogP contribution in [0.15, 0.2) is 36.4 Å². The number of aromatic nitrogens is 2. The fourth-order valence-corrected chi connectivity index (χ4v) is 4.12. The second kappa shape index (κ2) is 6.61. The van der Waals surface area contributed by atoms with Gasteiger partial charge in [-0.25, -0.2) is 0 Å². The first kappa shape index (κ1) is 16.3. The van der Waals surface area contributed by atoms with E-state index >= 15 is 0 Å². The molecule has 0 radical (unpaired) electrons.